The molecule has 0 saturated carbocycles. The Morgan fingerprint density at radius 3 is 2.75 bits per heavy atom. The Hall–Kier alpha value is -0.650. The van der Waals surface area contributed by atoms with Gasteiger partial charge in [-0.25, -0.2) is 0 Å². The largest absolute Gasteiger partial charge is 0.387 e. The van der Waals surface area contributed by atoms with Gasteiger partial charge in [-0.2, -0.15) is 0 Å². The minimum Gasteiger partial charge on any atom is -0.387 e. The van der Waals surface area contributed by atoms with Gasteiger partial charge in [0.05, 0.1) is 17.5 Å². The predicted octanol–water partition coefficient (Wildman–Crippen LogP) is 1.57. The highest BCUT2D eigenvalue weighted by molar-refractivity contribution is 9.10. The van der Waals surface area contributed by atoms with Crippen LogP contribution in [-0.2, 0) is 0 Å². The van der Waals surface area contributed by atoms with Gasteiger partial charge in [-0.05, 0) is 43.0 Å². The first kappa shape index (κ1) is 13.4. The van der Waals surface area contributed by atoms with Gasteiger partial charge in [0.15, 0.2) is 0 Å². The molecule has 1 aromatic rings. The van der Waals surface area contributed by atoms with Crippen LogP contribution in [0.2, 0.25) is 0 Å². The molecule has 0 aliphatic rings. The lowest BCUT2D eigenvalue weighted by Crippen LogP contribution is -2.43. The molecule has 0 amide bonds. The number of rotatable bonds is 5. The molecule has 1 heterocycles. The zero-order chi connectivity index (χ0) is 12.2. The van der Waals surface area contributed by atoms with E-state index in [-0.39, 0.29) is 0 Å². The zero-order valence-electron chi connectivity index (χ0n) is 9.87. The van der Waals surface area contributed by atoms with Crippen LogP contribution in [0.25, 0.3) is 0 Å². The van der Waals surface area contributed by atoms with E-state index in [4.69, 9.17) is 0 Å². The van der Waals surface area contributed by atoms with E-state index in [1.807, 2.05) is 32.0 Å². The van der Waals surface area contributed by atoms with Crippen molar-refractivity contribution in [2.75, 3.05) is 32.5 Å². The second-order valence-electron chi connectivity index (χ2n) is 4.48. The fourth-order valence-corrected chi connectivity index (χ4v) is 1.90. The molecule has 0 bridgehead atoms. The lowest BCUT2D eigenvalue weighted by atomic mass is 10.1. The maximum absolute atomic E-state index is 10.1. The van der Waals surface area contributed by atoms with Crippen LogP contribution in [-0.4, -0.2) is 47.8 Å². The molecule has 0 aliphatic heterocycles. The molecule has 0 aliphatic carbocycles. The maximum Gasteiger partial charge on any atom is 0.0917 e. The van der Waals surface area contributed by atoms with Crippen LogP contribution in [0.3, 0.4) is 0 Å². The second-order valence-corrected chi connectivity index (χ2v) is 5.40. The lowest BCUT2D eigenvalue weighted by molar-refractivity contribution is 0.0460. The van der Waals surface area contributed by atoms with Crippen molar-refractivity contribution in [3.63, 3.8) is 0 Å². The molecule has 0 saturated heterocycles. The van der Waals surface area contributed by atoms with Gasteiger partial charge in [-0.15, -0.1) is 0 Å². The highest BCUT2D eigenvalue weighted by atomic mass is 79.9. The van der Waals surface area contributed by atoms with Crippen LogP contribution < -0.4 is 5.32 Å². The number of nitrogens with zero attached hydrogens (tertiary/aromatic N) is 2. The van der Waals surface area contributed by atoms with Crippen LogP contribution >= 0.6 is 15.9 Å². The standard InChI is InChI=1S/C11H18BrN3O/c1-11(16,8-15(2)3)7-14-10-4-9(12)5-13-6-10/h4-6,14,16H,7-8H2,1-3H3. The minimum atomic E-state index is -0.758. The van der Waals surface area contributed by atoms with Gasteiger partial charge in [0.25, 0.3) is 0 Å². The monoisotopic (exact) mass is 287 g/mol. The van der Waals surface area contributed by atoms with Crippen LogP contribution in [0.5, 0.6) is 0 Å². The second kappa shape index (κ2) is 5.61. The van der Waals surface area contributed by atoms with E-state index < -0.39 is 5.60 Å². The topological polar surface area (TPSA) is 48.4 Å². The Morgan fingerprint density at radius 1 is 1.50 bits per heavy atom. The zero-order valence-corrected chi connectivity index (χ0v) is 11.5. The summed E-state index contributed by atoms with van der Waals surface area (Å²) in [7, 11) is 3.88. The Morgan fingerprint density at radius 2 is 2.19 bits per heavy atom. The van der Waals surface area contributed by atoms with Crippen LogP contribution in [0.4, 0.5) is 5.69 Å². The van der Waals surface area contributed by atoms with Gasteiger partial charge >= 0.3 is 0 Å². The lowest BCUT2D eigenvalue weighted by Gasteiger charge is -2.27. The molecule has 90 valence electrons. The number of aliphatic hydroxyl groups is 1. The fourth-order valence-electron chi connectivity index (χ4n) is 1.54. The van der Waals surface area contributed by atoms with E-state index in [1.165, 1.54) is 0 Å². The highest BCUT2D eigenvalue weighted by Crippen LogP contribution is 2.15. The molecule has 0 radical (unpaired) electrons. The van der Waals surface area contributed by atoms with Crippen molar-refractivity contribution in [2.45, 2.75) is 12.5 Å². The van der Waals surface area contributed by atoms with E-state index in [0.717, 1.165) is 10.2 Å². The van der Waals surface area contributed by atoms with Gasteiger partial charge in [0.1, 0.15) is 0 Å². The number of nitrogens with one attached hydrogen (secondary N) is 1. The number of aromatic nitrogens is 1. The molecule has 4 nitrogen and oxygen atoms in total. The molecule has 0 fully saturated rings. The Kier molecular flexibility index (Phi) is 4.70. The van der Waals surface area contributed by atoms with Crippen LogP contribution in [0.15, 0.2) is 22.9 Å². The van der Waals surface area contributed by atoms with Crippen molar-refractivity contribution in [3.05, 3.63) is 22.9 Å². The molecule has 1 aromatic heterocycles. The first-order valence-electron chi connectivity index (χ1n) is 5.11. The summed E-state index contributed by atoms with van der Waals surface area (Å²) in [5.74, 6) is 0. The predicted molar refractivity (Wildman–Crippen MR) is 69.6 cm³/mol. The Labute approximate surface area is 105 Å². The van der Waals surface area contributed by atoms with Crippen molar-refractivity contribution >= 4 is 21.6 Å². The summed E-state index contributed by atoms with van der Waals surface area (Å²) < 4.78 is 0.921. The molecular formula is C11H18BrN3O. The molecule has 1 unspecified atom stereocenters. The average molecular weight is 288 g/mol. The highest BCUT2D eigenvalue weighted by Gasteiger charge is 2.20. The van der Waals surface area contributed by atoms with Crippen LogP contribution in [0, 0.1) is 0 Å². The molecular weight excluding hydrogens is 270 g/mol. The number of hydrogen-bond donors (Lipinski definition) is 2. The van der Waals surface area contributed by atoms with E-state index in [1.54, 1.807) is 12.4 Å². The summed E-state index contributed by atoms with van der Waals surface area (Å²) in [6, 6.07) is 1.93. The van der Waals surface area contributed by atoms with Crippen molar-refractivity contribution < 1.29 is 5.11 Å². The normalized spacial score (nSPS) is 14.9. The fraction of sp³-hybridized carbons (Fsp3) is 0.545. The van der Waals surface area contributed by atoms with E-state index in [2.05, 4.69) is 26.2 Å². The third-order valence-corrected chi connectivity index (χ3v) is 2.47. The van der Waals surface area contributed by atoms with E-state index in [0.29, 0.717) is 13.1 Å². The van der Waals surface area contributed by atoms with Gasteiger partial charge < -0.3 is 15.3 Å². The van der Waals surface area contributed by atoms with Crippen molar-refractivity contribution in [1.29, 1.82) is 0 Å². The Bertz CT molecular complexity index is 342. The minimum absolute atomic E-state index is 0.489. The smallest absolute Gasteiger partial charge is 0.0917 e. The van der Waals surface area contributed by atoms with Gasteiger partial charge in [-0.3, -0.25) is 4.98 Å². The van der Waals surface area contributed by atoms with Crippen molar-refractivity contribution in [1.82, 2.24) is 9.88 Å². The summed E-state index contributed by atoms with van der Waals surface area (Å²) in [4.78, 5) is 6.00. The molecule has 2 N–H and O–H groups in total. The summed E-state index contributed by atoms with van der Waals surface area (Å²) in [5, 5.41) is 13.2. The number of likely N-dealkylation sites (N-methyl/N-ethyl adjacent to an activating group) is 1. The molecule has 16 heavy (non-hydrogen) atoms. The number of anilines is 1. The van der Waals surface area contributed by atoms with E-state index >= 15 is 0 Å². The first-order chi connectivity index (χ1) is 7.39. The molecule has 5 heteroatoms. The molecule has 1 rings (SSSR count). The van der Waals surface area contributed by atoms with Crippen LogP contribution in [0.1, 0.15) is 6.92 Å². The third kappa shape index (κ3) is 4.92. The number of pyridine rings is 1. The quantitative estimate of drug-likeness (QED) is 0.863. The van der Waals surface area contributed by atoms with Gasteiger partial charge in [-0.1, -0.05) is 0 Å². The summed E-state index contributed by atoms with van der Waals surface area (Å²) >= 11 is 3.35. The van der Waals surface area contributed by atoms with E-state index in [9.17, 15) is 5.11 Å². The number of hydrogen-bond acceptors (Lipinski definition) is 4. The SMILES string of the molecule is CN(C)CC(C)(O)CNc1cncc(Br)c1. The number of halogens is 1. The molecule has 0 aromatic carbocycles. The molecule has 0 spiro atoms. The average Bonchev–Trinajstić information content (AvgIpc) is 2.13. The first-order valence-corrected chi connectivity index (χ1v) is 5.90. The molecule has 1 atom stereocenters. The maximum atomic E-state index is 10.1. The van der Waals surface area contributed by atoms with Crippen molar-refractivity contribution in [3.8, 4) is 0 Å². The third-order valence-electron chi connectivity index (χ3n) is 2.04. The van der Waals surface area contributed by atoms with Gasteiger partial charge in [0, 0.05) is 23.8 Å². The van der Waals surface area contributed by atoms with Gasteiger partial charge in [0.2, 0.25) is 0 Å². The summed E-state index contributed by atoms with van der Waals surface area (Å²) in [6.07, 6.45) is 3.46. The Balaban J connectivity index is 2.50. The van der Waals surface area contributed by atoms with Crippen molar-refractivity contribution in [2.24, 2.45) is 0 Å². The summed E-state index contributed by atoms with van der Waals surface area (Å²) in [5.41, 5.74) is 0.139. The summed E-state index contributed by atoms with van der Waals surface area (Å²) in [6.45, 7) is 2.91.